The van der Waals surface area contributed by atoms with E-state index < -0.39 is 0 Å². The number of methoxy groups -OCH3 is 1. The average molecular weight is 221 g/mol. The number of hydrogen-bond donors (Lipinski definition) is 1. The van der Waals surface area contributed by atoms with Crippen molar-refractivity contribution in [1.29, 1.82) is 0 Å². The van der Waals surface area contributed by atoms with E-state index in [0.29, 0.717) is 0 Å². The van der Waals surface area contributed by atoms with Crippen LogP contribution in [0.25, 0.3) is 0 Å². The molecule has 0 spiro atoms. The van der Waals surface area contributed by atoms with Gasteiger partial charge in [-0.05, 0) is 31.0 Å². The van der Waals surface area contributed by atoms with Crippen molar-refractivity contribution in [2.24, 2.45) is 0 Å². The van der Waals surface area contributed by atoms with Gasteiger partial charge in [-0.25, -0.2) is 0 Å². The maximum atomic E-state index is 5.81. The SMILES string of the molecule is CCCNC1Cc2ccccc2OC1OC. The summed E-state index contributed by atoms with van der Waals surface area (Å²) in [6, 6.07) is 8.40. The fraction of sp³-hybridized carbons (Fsp3) is 0.538. The van der Waals surface area contributed by atoms with E-state index in [0.717, 1.165) is 25.1 Å². The maximum Gasteiger partial charge on any atom is 0.215 e. The molecule has 0 aliphatic carbocycles. The summed E-state index contributed by atoms with van der Waals surface area (Å²) in [4.78, 5) is 0. The number of benzene rings is 1. The number of fused-ring (bicyclic) bond motifs is 1. The summed E-state index contributed by atoms with van der Waals surface area (Å²) in [6.45, 7) is 3.16. The van der Waals surface area contributed by atoms with Gasteiger partial charge in [-0.15, -0.1) is 0 Å². The second-order valence-corrected chi connectivity index (χ2v) is 4.09. The molecule has 2 unspecified atom stereocenters. The number of para-hydroxylation sites is 1. The Morgan fingerprint density at radius 1 is 1.44 bits per heavy atom. The third-order valence-electron chi connectivity index (χ3n) is 2.87. The molecule has 0 saturated heterocycles. The first-order valence-corrected chi connectivity index (χ1v) is 5.86. The lowest BCUT2D eigenvalue weighted by molar-refractivity contribution is -0.0854. The predicted molar refractivity (Wildman–Crippen MR) is 63.7 cm³/mol. The van der Waals surface area contributed by atoms with Gasteiger partial charge in [0.25, 0.3) is 0 Å². The highest BCUT2D eigenvalue weighted by Crippen LogP contribution is 2.27. The molecule has 0 radical (unpaired) electrons. The van der Waals surface area contributed by atoms with Gasteiger partial charge in [0.2, 0.25) is 6.29 Å². The Morgan fingerprint density at radius 2 is 2.25 bits per heavy atom. The number of nitrogens with one attached hydrogen (secondary N) is 1. The topological polar surface area (TPSA) is 30.5 Å². The van der Waals surface area contributed by atoms with Crippen molar-refractivity contribution >= 4 is 0 Å². The third kappa shape index (κ3) is 2.36. The van der Waals surface area contributed by atoms with Crippen LogP contribution in [0.2, 0.25) is 0 Å². The largest absolute Gasteiger partial charge is 0.463 e. The van der Waals surface area contributed by atoms with Crippen LogP contribution in [0.15, 0.2) is 24.3 Å². The van der Waals surface area contributed by atoms with Crippen molar-refractivity contribution in [3.63, 3.8) is 0 Å². The summed E-state index contributed by atoms with van der Waals surface area (Å²) in [6.07, 6.45) is 1.91. The molecular weight excluding hydrogens is 202 g/mol. The van der Waals surface area contributed by atoms with E-state index >= 15 is 0 Å². The van der Waals surface area contributed by atoms with Gasteiger partial charge in [-0.2, -0.15) is 0 Å². The van der Waals surface area contributed by atoms with Gasteiger partial charge in [0, 0.05) is 7.11 Å². The van der Waals surface area contributed by atoms with Gasteiger partial charge >= 0.3 is 0 Å². The summed E-state index contributed by atoms with van der Waals surface area (Å²) in [5, 5.41) is 3.46. The minimum absolute atomic E-state index is 0.179. The molecule has 0 fully saturated rings. The molecule has 1 aliphatic rings. The predicted octanol–water partition coefficient (Wildman–Crippen LogP) is 1.96. The van der Waals surface area contributed by atoms with E-state index in [1.165, 1.54) is 5.56 Å². The number of rotatable bonds is 4. The molecule has 3 heteroatoms. The Morgan fingerprint density at radius 3 is 3.00 bits per heavy atom. The summed E-state index contributed by atoms with van der Waals surface area (Å²) in [5.41, 5.74) is 1.25. The van der Waals surface area contributed by atoms with Gasteiger partial charge in [-0.3, -0.25) is 0 Å². The molecule has 1 aromatic carbocycles. The number of hydrogen-bond acceptors (Lipinski definition) is 3. The summed E-state index contributed by atoms with van der Waals surface area (Å²) < 4.78 is 11.2. The standard InChI is InChI=1S/C13H19NO2/c1-3-8-14-11-9-10-6-4-5-7-12(10)16-13(11)15-2/h4-7,11,13-14H,3,8-9H2,1-2H3. The lowest BCUT2D eigenvalue weighted by Gasteiger charge is -2.33. The Bertz CT molecular complexity index is 340. The zero-order valence-corrected chi connectivity index (χ0v) is 9.90. The van der Waals surface area contributed by atoms with Crippen molar-refractivity contribution in [1.82, 2.24) is 5.32 Å². The molecule has 16 heavy (non-hydrogen) atoms. The Kier molecular flexibility index (Phi) is 3.80. The van der Waals surface area contributed by atoms with Crippen molar-refractivity contribution < 1.29 is 9.47 Å². The zero-order chi connectivity index (χ0) is 11.4. The molecule has 88 valence electrons. The quantitative estimate of drug-likeness (QED) is 0.843. The van der Waals surface area contributed by atoms with E-state index in [2.05, 4.69) is 18.3 Å². The minimum atomic E-state index is -0.179. The average Bonchev–Trinajstić information content (AvgIpc) is 2.35. The molecule has 2 rings (SSSR count). The highest BCUT2D eigenvalue weighted by molar-refractivity contribution is 5.36. The number of ether oxygens (including phenoxy) is 2. The molecule has 0 bridgehead atoms. The smallest absolute Gasteiger partial charge is 0.215 e. The molecule has 1 N–H and O–H groups in total. The van der Waals surface area contributed by atoms with Crippen LogP contribution in [0.5, 0.6) is 5.75 Å². The molecule has 1 heterocycles. The first-order valence-electron chi connectivity index (χ1n) is 5.86. The monoisotopic (exact) mass is 221 g/mol. The van der Waals surface area contributed by atoms with Crippen LogP contribution in [0, 0.1) is 0 Å². The van der Waals surface area contributed by atoms with Crippen molar-refractivity contribution in [3.05, 3.63) is 29.8 Å². The first kappa shape index (κ1) is 11.4. The van der Waals surface area contributed by atoms with E-state index in [9.17, 15) is 0 Å². The molecule has 2 atom stereocenters. The fourth-order valence-corrected chi connectivity index (χ4v) is 2.04. The van der Waals surface area contributed by atoms with Gasteiger partial charge in [-0.1, -0.05) is 25.1 Å². The van der Waals surface area contributed by atoms with Crippen LogP contribution < -0.4 is 10.1 Å². The minimum Gasteiger partial charge on any atom is -0.463 e. The van der Waals surface area contributed by atoms with Crippen LogP contribution in [-0.2, 0) is 11.2 Å². The Hall–Kier alpha value is -1.06. The van der Waals surface area contributed by atoms with E-state index in [-0.39, 0.29) is 12.3 Å². The van der Waals surface area contributed by atoms with E-state index in [1.807, 2.05) is 18.2 Å². The molecular formula is C13H19NO2. The third-order valence-corrected chi connectivity index (χ3v) is 2.87. The van der Waals surface area contributed by atoms with Crippen LogP contribution in [0.1, 0.15) is 18.9 Å². The maximum absolute atomic E-state index is 5.81. The van der Waals surface area contributed by atoms with Gasteiger partial charge < -0.3 is 14.8 Å². The molecule has 1 aromatic rings. The summed E-state index contributed by atoms with van der Waals surface area (Å²) in [5.74, 6) is 0.948. The van der Waals surface area contributed by atoms with E-state index in [1.54, 1.807) is 7.11 Å². The van der Waals surface area contributed by atoms with Crippen molar-refractivity contribution in [2.45, 2.75) is 32.1 Å². The lowest BCUT2D eigenvalue weighted by atomic mass is 10.0. The van der Waals surface area contributed by atoms with Crippen molar-refractivity contribution in [3.8, 4) is 5.75 Å². The van der Waals surface area contributed by atoms with E-state index in [4.69, 9.17) is 9.47 Å². The molecule has 0 amide bonds. The molecule has 0 saturated carbocycles. The Balaban J connectivity index is 2.11. The molecule has 3 nitrogen and oxygen atoms in total. The summed E-state index contributed by atoms with van der Waals surface area (Å²) >= 11 is 0. The fourth-order valence-electron chi connectivity index (χ4n) is 2.04. The second kappa shape index (κ2) is 5.32. The summed E-state index contributed by atoms with van der Waals surface area (Å²) in [7, 11) is 1.69. The van der Waals surface area contributed by atoms with Gasteiger partial charge in [0.05, 0.1) is 6.04 Å². The van der Waals surface area contributed by atoms with Crippen LogP contribution in [0.4, 0.5) is 0 Å². The van der Waals surface area contributed by atoms with Crippen LogP contribution in [-0.4, -0.2) is 26.0 Å². The zero-order valence-electron chi connectivity index (χ0n) is 9.90. The van der Waals surface area contributed by atoms with Gasteiger partial charge in [0.1, 0.15) is 5.75 Å². The normalized spacial score (nSPS) is 23.6. The lowest BCUT2D eigenvalue weighted by Crippen LogP contribution is -2.48. The highest BCUT2D eigenvalue weighted by Gasteiger charge is 2.28. The van der Waals surface area contributed by atoms with Crippen molar-refractivity contribution in [2.75, 3.05) is 13.7 Å². The Labute approximate surface area is 96.8 Å². The first-order chi connectivity index (χ1) is 7.85. The van der Waals surface area contributed by atoms with Gasteiger partial charge in [0.15, 0.2) is 0 Å². The molecule has 1 aliphatic heterocycles. The van der Waals surface area contributed by atoms with Crippen LogP contribution >= 0.6 is 0 Å². The van der Waals surface area contributed by atoms with Crippen LogP contribution in [0.3, 0.4) is 0 Å². The molecule has 0 aromatic heterocycles. The highest BCUT2D eigenvalue weighted by atomic mass is 16.7. The second-order valence-electron chi connectivity index (χ2n) is 4.09.